The summed E-state index contributed by atoms with van der Waals surface area (Å²) in [6.45, 7) is 7.98. The molecule has 1 fully saturated rings. The molecule has 1 saturated carbocycles. The van der Waals surface area contributed by atoms with Crippen molar-refractivity contribution in [1.29, 1.82) is 0 Å². The van der Waals surface area contributed by atoms with Crippen molar-refractivity contribution >= 4 is 17.5 Å². The maximum absolute atomic E-state index is 13.4. The topological polar surface area (TPSA) is 113 Å². The van der Waals surface area contributed by atoms with E-state index < -0.39 is 11.2 Å². The van der Waals surface area contributed by atoms with E-state index in [2.05, 4.69) is 43.9 Å². The summed E-state index contributed by atoms with van der Waals surface area (Å²) in [7, 11) is 0. The van der Waals surface area contributed by atoms with Gasteiger partial charge in [0.1, 0.15) is 5.82 Å². The Morgan fingerprint density at radius 1 is 1.22 bits per heavy atom. The van der Waals surface area contributed by atoms with Gasteiger partial charge >= 0.3 is 0 Å². The highest BCUT2D eigenvalue weighted by Crippen LogP contribution is 2.46. The van der Waals surface area contributed by atoms with E-state index in [4.69, 9.17) is 4.98 Å². The van der Waals surface area contributed by atoms with Crippen LogP contribution in [0.15, 0.2) is 48.9 Å². The summed E-state index contributed by atoms with van der Waals surface area (Å²) in [5, 5.41) is 17.5. The maximum Gasteiger partial charge on any atom is 0.226 e. The Kier molecular flexibility index (Phi) is 6.49. The molecule has 4 aromatic heterocycles. The van der Waals surface area contributed by atoms with Gasteiger partial charge in [0, 0.05) is 35.0 Å². The summed E-state index contributed by atoms with van der Waals surface area (Å²) in [4.78, 5) is 22.6. The average molecular weight is 503 g/mol. The van der Waals surface area contributed by atoms with Crippen LogP contribution in [-0.2, 0) is 4.79 Å². The molecule has 4 aromatic rings. The van der Waals surface area contributed by atoms with E-state index in [1.165, 1.54) is 10.9 Å². The van der Waals surface area contributed by atoms with Crippen molar-refractivity contribution in [1.82, 2.24) is 35.3 Å². The highest BCUT2D eigenvalue weighted by atomic mass is 19.1. The third kappa shape index (κ3) is 5.37. The SMILES string of the molecule is Cc1cc(Nc2cc(C)[nH]n2)nc(C2CC[C@@](C)(C(=O)N[C@@H](C)c3ccc(-n4cc(F)cn4)nc3)C2)c1. The Hall–Kier alpha value is -4.08. The van der Waals surface area contributed by atoms with Gasteiger partial charge in [0.25, 0.3) is 0 Å². The summed E-state index contributed by atoms with van der Waals surface area (Å²) in [5.41, 5.74) is 3.46. The van der Waals surface area contributed by atoms with E-state index in [-0.39, 0.29) is 17.9 Å². The standard InChI is InChI=1S/C27H31FN8O/c1-16-9-22(32-23(10-16)33-24-11-17(2)34-35-24)19-7-8-27(4,12-19)26(37)31-18(3)20-5-6-25(29-13-20)36-15-21(28)14-30-36/h5-6,9-11,13-15,18-19H,7-8,12H2,1-4H3,(H,31,37)(H2,32,33,34,35)/t18-,19?,27+/m0/s1. The Morgan fingerprint density at radius 3 is 2.73 bits per heavy atom. The zero-order valence-corrected chi connectivity index (χ0v) is 21.4. The molecule has 9 nitrogen and oxygen atoms in total. The number of carbonyl (C=O) groups is 1. The summed E-state index contributed by atoms with van der Waals surface area (Å²) >= 11 is 0. The number of nitrogens with one attached hydrogen (secondary N) is 3. The quantitative estimate of drug-likeness (QED) is 0.326. The van der Waals surface area contributed by atoms with E-state index >= 15 is 0 Å². The van der Waals surface area contributed by atoms with Crippen molar-refractivity contribution in [2.45, 2.75) is 58.9 Å². The molecular formula is C27H31FN8O. The Labute approximate surface area is 214 Å². The molecule has 0 radical (unpaired) electrons. The zero-order chi connectivity index (χ0) is 26.2. The van der Waals surface area contributed by atoms with Gasteiger partial charge in [0.15, 0.2) is 17.5 Å². The summed E-state index contributed by atoms with van der Waals surface area (Å²) in [6.07, 6.45) is 6.50. The number of nitrogens with zero attached hydrogens (tertiary/aromatic N) is 5. The van der Waals surface area contributed by atoms with Crippen LogP contribution in [-0.4, -0.2) is 35.9 Å². The van der Waals surface area contributed by atoms with Crippen LogP contribution in [0.1, 0.15) is 67.6 Å². The lowest BCUT2D eigenvalue weighted by atomic mass is 9.85. The van der Waals surface area contributed by atoms with E-state index in [0.29, 0.717) is 5.82 Å². The van der Waals surface area contributed by atoms with Gasteiger partial charge in [-0.1, -0.05) is 13.0 Å². The molecular weight excluding hydrogens is 471 g/mol. The minimum Gasteiger partial charge on any atom is -0.349 e. The zero-order valence-electron chi connectivity index (χ0n) is 21.4. The molecule has 0 aromatic carbocycles. The number of halogens is 1. The van der Waals surface area contributed by atoms with Crippen LogP contribution in [0.25, 0.3) is 5.82 Å². The lowest BCUT2D eigenvalue weighted by Crippen LogP contribution is -2.38. The summed E-state index contributed by atoms with van der Waals surface area (Å²) in [5.74, 6) is 1.79. The van der Waals surface area contributed by atoms with E-state index in [9.17, 15) is 9.18 Å². The lowest BCUT2D eigenvalue weighted by Gasteiger charge is -2.26. The minimum absolute atomic E-state index is 0.0266. The van der Waals surface area contributed by atoms with Crippen LogP contribution < -0.4 is 10.6 Å². The van der Waals surface area contributed by atoms with Crippen molar-refractivity contribution in [3.8, 4) is 5.82 Å². The van der Waals surface area contributed by atoms with E-state index in [0.717, 1.165) is 59.6 Å². The second-order valence-corrected chi connectivity index (χ2v) is 10.3. The average Bonchev–Trinajstić information content (AvgIpc) is 3.59. The van der Waals surface area contributed by atoms with Crippen molar-refractivity contribution < 1.29 is 9.18 Å². The molecule has 5 rings (SSSR count). The van der Waals surface area contributed by atoms with Gasteiger partial charge in [0.2, 0.25) is 5.91 Å². The third-order valence-electron chi connectivity index (χ3n) is 7.06. The fraction of sp³-hybridized carbons (Fsp3) is 0.370. The minimum atomic E-state index is -0.489. The number of rotatable bonds is 7. The fourth-order valence-electron chi connectivity index (χ4n) is 4.95. The molecule has 1 unspecified atom stereocenters. The van der Waals surface area contributed by atoms with Crippen LogP contribution in [0.2, 0.25) is 0 Å². The number of hydrogen-bond donors (Lipinski definition) is 3. The molecule has 1 amide bonds. The smallest absolute Gasteiger partial charge is 0.226 e. The van der Waals surface area contributed by atoms with Crippen LogP contribution in [0, 0.1) is 25.1 Å². The Bertz CT molecular complexity index is 1410. The monoisotopic (exact) mass is 502 g/mol. The predicted molar refractivity (Wildman–Crippen MR) is 138 cm³/mol. The van der Waals surface area contributed by atoms with Crippen LogP contribution in [0.3, 0.4) is 0 Å². The number of aryl methyl sites for hydroxylation is 2. The Morgan fingerprint density at radius 2 is 2.05 bits per heavy atom. The first-order valence-corrected chi connectivity index (χ1v) is 12.4. The molecule has 0 bridgehead atoms. The second kappa shape index (κ2) is 9.76. The first kappa shape index (κ1) is 24.6. The van der Waals surface area contributed by atoms with Crippen molar-refractivity contribution in [2.24, 2.45) is 5.41 Å². The number of carbonyl (C=O) groups excluding carboxylic acids is 1. The highest BCUT2D eigenvalue weighted by molar-refractivity contribution is 5.83. The van der Waals surface area contributed by atoms with E-state index in [1.807, 2.05) is 39.0 Å². The Balaban J connectivity index is 1.23. The molecule has 0 spiro atoms. The second-order valence-electron chi connectivity index (χ2n) is 10.3. The predicted octanol–water partition coefficient (Wildman–Crippen LogP) is 5.04. The molecule has 3 N–H and O–H groups in total. The van der Waals surface area contributed by atoms with E-state index in [1.54, 1.807) is 12.3 Å². The first-order valence-electron chi connectivity index (χ1n) is 12.4. The number of aromatic nitrogens is 6. The van der Waals surface area contributed by atoms with Crippen molar-refractivity contribution in [3.05, 3.63) is 77.3 Å². The number of anilines is 2. The molecule has 4 heterocycles. The lowest BCUT2D eigenvalue weighted by molar-refractivity contribution is -0.130. The number of pyridine rings is 2. The summed E-state index contributed by atoms with van der Waals surface area (Å²) in [6, 6.07) is 9.46. The largest absolute Gasteiger partial charge is 0.349 e. The van der Waals surface area contributed by atoms with Gasteiger partial charge in [-0.15, -0.1) is 0 Å². The normalized spacial score (nSPS) is 20.1. The molecule has 37 heavy (non-hydrogen) atoms. The van der Waals surface area contributed by atoms with Crippen molar-refractivity contribution in [2.75, 3.05) is 5.32 Å². The number of amides is 1. The molecule has 0 aliphatic heterocycles. The summed E-state index contributed by atoms with van der Waals surface area (Å²) < 4.78 is 14.6. The van der Waals surface area contributed by atoms with Gasteiger partial charge < -0.3 is 10.6 Å². The molecule has 3 atom stereocenters. The third-order valence-corrected chi connectivity index (χ3v) is 7.06. The van der Waals surface area contributed by atoms with Crippen LogP contribution in [0.4, 0.5) is 16.0 Å². The van der Waals surface area contributed by atoms with Crippen LogP contribution >= 0.6 is 0 Å². The number of H-pyrrole nitrogens is 1. The van der Waals surface area contributed by atoms with Gasteiger partial charge in [-0.25, -0.2) is 19.0 Å². The van der Waals surface area contributed by atoms with Gasteiger partial charge in [0.05, 0.1) is 18.4 Å². The molecule has 192 valence electrons. The van der Waals surface area contributed by atoms with Crippen molar-refractivity contribution in [3.63, 3.8) is 0 Å². The molecule has 10 heteroatoms. The van der Waals surface area contributed by atoms with Gasteiger partial charge in [-0.3, -0.25) is 9.89 Å². The molecule has 0 saturated heterocycles. The molecule has 1 aliphatic carbocycles. The van der Waals surface area contributed by atoms with Crippen LogP contribution in [0.5, 0.6) is 0 Å². The fourth-order valence-corrected chi connectivity index (χ4v) is 4.95. The number of aromatic amines is 1. The maximum atomic E-state index is 13.4. The first-order chi connectivity index (χ1) is 17.7. The van der Waals surface area contributed by atoms with Gasteiger partial charge in [-0.05, 0) is 69.4 Å². The van der Waals surface area contributed by atoms with Gasteiger partial charge in [-0.2, -0.15) is 10.2 Å². The molecule has 1 aliphatic rings. The number of hydrogen-bond acceptors (Lipinski definition) is 6. The highest BCUT2D eigenvalue weighted by Gasteiger charge is 2.42.